The summed E-state index contributed by atoms with van der Waals surface area (Å²) >= 11 is 1.60. The van der Waals surface area contributed by atoms with Gasteiger partial charge >= 0.3 is 6.03 Å². The Kier molecular flexibility index (Phi) is 5.38. The van der Waals surface area contributed by atoms with Gasteiger partial charge in [-0.15, -0.1) is 11.3 Å². The number of urea groups is 1. The molecule has 1 aromatic heterocycles. The van der Waals surface area contributed by atoms with Crippen LogP contribution in [-0.2, 0) is 0 Å². The summed E-state index contributed by atoms with van der Waals surface area (Å²) in [4.78, 5) is 16.3. The third-order valence-corrected chi connectivity index (χ3v) is 4.06. The lowest BCUT2D eigenvalue weighted by Crippen LogP contribution is -2.29. The highest BCUT2D eigenvalue weighted by Crippen LogP contribution is 2.32. The Morgan fingerprint density at radius 2 is 2.19 bits per heavy atom. The second-order valence-corrected chi connectivity index (χ2v) is 6.08. The summed E-state index contributed by atoms with van der Waals surface area (Å²) in [5.74, 6) is 0.622. The average molecular weight is 307 g/mol. The Labute approximate surface area is 128 Å². The molecule has 0 aliphatic rings. The van der Waals surface area contributed by atoms with Crippen LogP contribution in [0.15, 0.2) is 12.1 Å². The predicted octanol–water partition coefficient (Wildman–Crippen LogP) is 3.93. The molecule has 0 aliphatic heterocycles. The number of thiazole rings is 1. The molecule has 2 N–H and O–H groups in total. The fourth-order valence-corrected chi connectivity index (χ4v) is 2.93. The van der Waals surface area contributed by atoms with Crippen molar-refractivity contribution in [1.29, 1.82) is 0 Å². The van der Waals surface area contributed by atoms with Crippen molar-refractivity contribution in [3.63, 3.8) is 0 Å². The van der Waals surface area contributed by atoms with Gasteiger partial charge in [0, 0.05) is 12.6 Å². The van der Waals surface area contributed by atoms with E-state index in [9.17, 15) is 4.79 Å². The fraction of sp³-hybridized carbons (Fsp3) is 0.467. The molecule has 5 nitrogen and oxygen atoms in total. The van der Waals surface area contributed by atoms with Gasteiger partial charge in [-0.25, -0.2) is 9.78 Å². The molecule has 0 radical (unpaired) electrons. The summed E-state index contributed by atoms with van der Waals surface area (Å²) < 4.78 is 6.37. The molecule has 0 spiro atoms. The van der Waals surface area contributed by atoms with Crippen molar-refractivity contribution in [3.05, 3.63) is 17.1 Å². The zero-order valence-corrected chi connectivity index (χ0v) is 13.5. The smallest absolute Gasteiger partial charge is 0.319 e. The number of benzene rings is 1. The lowest BCUT2D eigenvalue weighted by atomic mass is 10.2. The Morgan fingerprint density at radius 1 is 1.38 bits per heavy atom. The average Bonchev–Trinajstić information content (AvgIpc) is 2.81. The molecule has 0 aliphatic carbocycles. The van der Waals surface area contributed by atoms with E-state index in [4.69, 9.17) is 4.74 Å². The summed E-state index contributed by atoms with van der Waals surface area (Å²) in [6.07, 6.45) is 3.25. The number of amides is 2. The molecule has 1 heterocycles. The van der Waals surface area contributed by atoms with Crippen LogP contribution in [0, 0.1) is 6.92 Å². The number of rotatable bonds is 6. The number of hydrogen-bond acceptors (Lipinski definition) is 4. The van der Waals surface area contributed by atoms with Crippen LogP contribution in [0.4, 0.5) is 10.5 Å². The van der Waals surface area contributed by atoms with Crippen LogP contribution in [0.3, 0.4) is 0 Å². The third kappa shape index (κ3) is 4.07. The zero-order valence-electron chi connectivity index (χ0n) is 12.7. The maximum atomic E-state index is 11.9. The molecular formula is C15H21N3O2S. The number of hydrogen-bond donors (Lipinski definition) is 2. The molecule has 0 fully saturated rings. The van der Waals surface area contributed by atoms with Gasteiger partial charge in [-0.1, -0.05) is 19.8 Å². The molecule has 0 atom stereocenters. The molecule has 1 aromatic carbocycles. The van der Waals surface area contributed by atoms with Crippen LogP contribution in [0.1, 0.15) is 31.2 Å². The minimum Gasteiger partial charge on any atom is -0.494 e. The first-order chi connectivity index (χ1) is 10.1. The minimum absolute atomic E-state index is 0.204. The monoisotopic (exact) mass is 307 g/mol. The topological polar surface area (TPSA) is 63.2 Å². The van der Waals surface area contributed by atoms with E-state index in [1.807, 2.05) is 19.1 Å². The van der Waals surface area contributed by atoms with Gasteiger partial charge in [0.1, 0.15) is 5.75 Å². The lowest BCUT2D eigenvalue weighted by molar-refractivity contribution is 0.251. The van der Waals surface area contributed by atoms with Gasteiger partial charge in [0.05, 0.1) is 28.0 Å². The summed E-state index contributed by atoms with van der Waals surface area (Å²) in [6, 6.07) is 3.56. The molecule has 6 heteroatoms. The Hall–Kier alpha value is -1.82. The van der Waals surface area contributed by atoms with Gasteiger partial charge in [-0.2, -0.15) is 0 Å². The molecule has 2 amide bonds. The zero-order chi connectivity index (χ0) is 15.2. The number of unbranched alkanes of at least 4 members (excludes halogenated alkanes) is 2. The van der Waals surface area contributed by atoms with E-state index < -0.39 is 0 Å². The Bertz CT molecular complexity index is 625. The minimum atomic E-state index is -0.204. The summed E-state index contributed by atoms with van der Waals surface area (Å²) in [6.45, 7) is 4.78. The molecule has 0 saturated heterocycles. The first kappa shape index (κ1) is 15.6. The summed E-state index contributed by atoms with van der Waals surface area (Å²) in [5.41, 5.74) is 1.56. The number of nitrogens with zero attached hydrogens (tertiary/aromatic N) is 1. The van der Waals surface area contributed by atoms with E-state index in [0.717, 1.165) is 34.5 Å². The van der Waals surface area contributed by atoms with Crippen molar-refractivity contribution >= 4 is 33.3 Å². The number of fused-ring (bicyclic) bond motifs is 1. The number of nitrogens with one attached hydrogen (secondary N) is 2. The largest absolute Gasteiger partial charge is 0.494 e. The first-order valence-electron chi connectivity index (χ1n) is 7.14. The standard InChI is InChI=1S/C15H21N3O2S/c1-4-5-6-7-16-15(19)18-11-9-14-12(8-13(11)20-3)17-10(2)21-14/h8-9H,4-7H2,1-3H3,(H2,16,18,19). The van der Waals surface area contributed by atoms with Crippen LogP contribution in [0.5, 0.6) is 5.75 Å². The second kappa shape index (κ2) is 7.26. The van der Waals surface area contributed by atoms with Crippen molar-refractivity contribution in [2.75, 3.05) is 19.0 Å². The molecular weight excluding hydrogens is 286 g/mol. The number of aromatic nitrogens is 1. The molecule has 2 rings (SSSR count). The number of aryl methyl sites for hydroxylation is 1. The third-order valence-electron chi connectivity index (χ3n) is 3.13. The van der Waals surface area contributed by atoms with E-state index in [1.165, 1.54) is 0 Å². The van der Waals surface area contributed by atoms with E-state index >= 15 is 0 Å². The number of carbonyl (C=O) groups is 1. The molecule has 0 saturated carbocycles. The summed E-state index contributed by atoms with van der Waals surface area (Å²) in [5, 5.41) is 6.69. The van der Waals surface area contributed by atoms with Crippen LogP contribution >= 0.6 is 11.3 Å². The van der Waals surface area contributed by atoms with Gasteiger partial charge in [0.15, 0.2) is 0 Å². The van der Waals surface area contributed by atoms with Gasteiger partial charge in [-0.3, -0.25) is 0 Å². The Morgan fingerprint density at radius 3 is 2.90 bits per heavy atom. The van der Waals surface area contributed by atoms with Crippen LogP contribution in [-0.4, -0.2) is 24.7 Å². The van der Waals surface area contributed by atoms with Crippen molar-refractivity contribution in [2.45, 2.75) is 33.1 Å². The fourth-order valence-electron chi connectivity index (χ4n) is 2.08. The number of methoxy groups -OCH3 is 1. The van der Waals surface area contributed by atoms with Gasteiger partial charge in [0.2, 0.25) is 0 Å². The molecule has 0 bridgehead atoms. The number of ether oxygens (including phenoxy) is 1. The van der Waals surface area contributed by atoms with Crippen molar-refractivity contribution in [3.8, 4) is 5.75 Å². The van der Waals surface area contributed by atoms with Gasteiger partial charge in [0.25, 0.3) is 0 Å². The van der Waals surface area contributed by atoms with Crippen LogP contribution in [0.25, 0.3) is 10.2 Å². The molecule has 21 heavy (non-hydrogen) atoms. The van der Waals surface area contributed by atoms with Gasteiger partial charge in [-0.05, 0) is 19.4 Å². The highest BCUT2D eigenvalue weighted by Gasteiger charge is 2.11. The number of carbonyl (C=O) groups excluding carboxylic acids is 1. The Balaban J connectivity index is 2.07. The van der Waals surface area contributed by atoms with Crippen molar-refractivity contribution in [1.82, 2.24) is 10.3 Å². The highest BCUT2D eigenvalue weighted by molar-refractivity contribution is 7.18. The second-order valence-electron chi connectivity index (χ2n) is 4.84. The van der Waals surface area contributed by atoms with Crippen LogP contribution in [0.2, 0.25) is 0 Å². The molecule has 0 unspecified atom stereocenters. The maximum absolute atomic E-state index is 11.9. The first-order valence-corrected chi connectivity index (χ1v) is 7.95. The predicted molar refractivity (Wildman–Crippen MR) is 87.5 cm³/mol. The van der Waals surface area contributed by atoms with Crippen LogP contribution < -0.4 is 15.4 Å². The van der Waals surface area contributed by atoms with Crippen molar-refractivity contribution in [2.24, 2.45) is 0 Å². The number of anilines is 1. The van der Waals surface area contributed by atoms with E-state index in [-0.39, 0.29) is 6.03 Å². The molecule has 2 aromatic rings. The highest BCUT2D eigenvalue weighted by atomic mass is 32.1. The normalized spacial score (nSPS) is 10.6. The van der Waals surface area contributed by atoms with Gasteiger partial charge < -0.3 is 15.4 Å². The van der Waals surface area contributed by atoms with E-state index in [2.05, 4.69) is 22.5 Å². The quantitative estimate of drug-likeness (QED) is 0.795. The maximum Gasteiger partial charge on any atom is 0.319 e. The molecule has 114 valence electrons. The SMILES string of the molecule is CCCCCNC(=O)Nc1cc2sc(C)nc2cc1OC. The van der Waals surface area contributed by atoms with E-state index in [0.29, 0.717) is 18.0 Å². The summed E-state index contributed by atoms with van der Waals surface area (Å²) in [7, 11) is 1.59. The van der Waals surface area contributed by atoms with Crippen molar-refractivity contribution < 1.29 is 9.53 Å². The lowest BCUT2D eigenvalue weighted by Gasteiger charge is -2.11. The van der Waals surface area contributed by atoms with E-state index in [1.54, 1.807) is 18.4 Å².